The molecule has 1 unspecified atom stereocenters. The summed E-state index contributed by atoms with van der Waals surface area (Å²) in [6.45, 7) is 22.6. The van der Waals surface area contributed by atoms with Crippen molar-refractivity contribution in [3.8, 4) is 0 Å². The molecule has 2 heterocycles. The topological polar surface area (TPSA) is 320 Å². The number of unbranched alkanes of at least 4 members (excludes halogenated alkanes) is 2. The Morgan fingerprint density at radius 2 is 1.30 bits per heavy atom. The number of nitrogens with two attached hydrogens (primary N) is 1. The van der Waals surface area contributed by atoms with E-state index in [1.807, 2.05) is 136 Å². The molecular weight excluding hydrogens is 1390 g/mol. The van der Waals surface area contributed by atoms with Crippen LogP contribution in [0.15, 0.2) is 78.9 Å². The summed E-state index contributed by atoms with van der Waals surface area (Å²) in [5, 5.41) is 8.31. The zero-order valence-corrected chi connectivity index (χ0v) is 67.9. The number of imide groups is 1. The van der Waals surface area contributed by atoms with Gasteiger partial charge in [0, 0.05) is 116 Å². The molecule has 2 saturated heterocycles. The first-order valence-corrected chi connectivity index (χ1v) is 39.2. The molecule has 2 aliphatic heterocycles. The number of amides is 9. The number of ether oxygens (including phenoxy) is 4. The number of benzene rings is 3. The lowest BCUT2D eigenvalue weighted by atomic mass is 9.83. The lowest BCUT2D eigenvalue weighted by molar-refractivity contribution is -0.150. The molecule has 604 valence electrons. The summed E-state index contributed by atoms with van der Waals surface area (Å²) in [7, 11) is 9.61. The van der Waals surface area contributed by atoms with Gasteiger partial charge in [0.2, 0.25) is 35.4 Å². The van der Waals surface area contributed by atoms with Gasteiger partial charge in [0.15, 0.2) is 11.6 Å². The highest BCUT2D eigenvalue weighted by Gasteiger charge is 2.45. The second kappa shape index (κ2) is 45.0. The normalized spacial score (nSPS) is 17.3. The molecule has 9 amide bonds. The highest BCUT2D eigenvalue weighted by Crippen LogP contribution is 2.33. The summed E-state index contributed by atoms with van der Waals surface area (Å²) in [6, 6.07) is 19.8. The van der Waals surface area contributed by atoms with Crippen LogP contribution >= 0.6 is 0 Å². The molecule has 0 aromatic heterocycles. The minimum Gasteiger partial charge on any atom is -0.467 e. The van der Waals surface area contributed by atoms with Crippen LogP contribution in [0.2, 0.25) is 0 Å². The number of rotatable bonds is 47. The van der Waals surface area contributed by atoms with E-state index in [4.69, 9.17) is 24.7 Å². The molecule has 2 aliphatic rings. The smallest absolute Gasteiger partial charge is 0.414 e. The molecule has 3 aromatic carbocycles. The highest BCUT2D eigenvalue weighted by atomic mass is 16.6. The zero-order valence-electron chi connectivity index (χ0n) is 67.9. The van der Waals surface area contributed by atoms with Crippen molar-refractivity contribution in [1.82, 2.24) is 35.6 Å². The van der Waals surface area contributed by atoms with Crippen LogP contribution in [0.3, 0.4) is 0 Å². The zero-order chi connectivity index (χ0) is 80.9. The predicted molar refractivity (Wildman–Crippen MR) is 418 cm³/mol. The molecule has 0 aliphatic carbocycles. The summed E-state index contributed by atoms with van der Waals surface area (Å²) < 4.78 is 22.9. The van der Waals surface area contributed by atoms with E-state index in [0.717, 1.165) is 11.1 Å². The quantitative estimate of drug-likeness (QED) is 0.0232. The van der Waals surface area contributed by atoms with E-state index in [0.29, 0.717) is 87.8 Å². The van der Waals surface area contributed by atoms with E-state index < -0.39 is 90.1 Å². The number of likely N-dealkylation sites (tertiary alicyclic amines) is 2. The van der Waals surface area contributed by atoms with Crippen LogP contribution in [0.25, 0.3) is 0 Å². The van der Waals surface area contributed by atoms with Crippen LogP contribution in [0.5, 0.6) is 0 Å². The number of methoxy groups -OCH3 is 3. The van der Waals surface area contributed by atoms with E-state index in [-0.39, 0.29) is 141 Å². The molecular formula is C84H127N9O16. The monoisotopic (exact) mass is 1520 g/mol. The van der Waals surface area contributed by atoms with Gasteiger partial charge < -0.3 is 50.4 Å². The molecule has 3 aromatic rings. The van der Waals surface area contributed by atoms with Gasteiger partial charge in [-0.15, -0.1) is 0 Å². The average Bonchev–Trinajstić information content (AvgIpc) is 1.81. The Kier molecular flexibility index (Phi) is 37.7. The van der Waals surface area contributed by atoms with Crippen molar-refractivity contribution in [1.29, 1.82) is 0 Å². The fourth-order valence-electron chi connectivity index (χ4n) is 15.2. The molecule has 12 atom stereocenters. The van der Waals surface area contributed by atoms with Crippen LogP contribution in [0.1, 0.15) is 182 Å². The number of primary amides is 1. The molecule has 0 bridgehead atoms. The lowest BCUT2D eigenvalue weighted by Gasteiger charge is -2.41. The van der Waals surface area contributed by atoms with Crippen LogP contribution in [-0.4, -0.2) is 202 Å². The van der Waals surface area contributed by atoms with Crippen molar-refractivity contribution in [3.63, 3.8) is 0 Å². The van der Waals surface area contributed by atoms with Crippen molar-refractivity contribution >= 4 is 76.6 Å². The van der Waals surface area contributed by atoms with Crippen molar-refractivity contribution in [3.05, 3.63) is 101 Å². The minimum absolute atomic E-state index is 0.00526. The number of urea groups is 1. The molecule has 25 nitrogen and oxygen atoms in total. The van der Waals surface area contributed by atoms with Gasteiger partial charge in [-0.1, -0.05) is 156 Å². The Morgan fingerprint density at radius 3 is 1.88 bits per heavy atom. The van der Waals surface area contributed by atoms with Gasteiger partial charge >= 0.3 is 18.1 Å². The maximum absolute atomic E-state index is 15.0. The van der Waals surface area contributed by atoms with Crippen LogP contribution in [0.4, 0.5) is 15.3 Å². The number of nitrogens with one attached hydrogen (secondary N) is 3. The fraction of sp³-hybridized carbons (Fsp3) is 0.643. The minimum atomic E-state index is -0.936. The van der Waals surface area contributed by atoms with Gasteiger partial charge in [0.05, 0.1) is 55.8 Å². The van der Waals surface area contributed by atoms with Gasteiger partial charge in [-0.3, -0.25) is 57.9 Å². The summed E-state index contributed by atoms with van der Waals surface area (Å²) in [5.41, 5.74) is 9.02. The largest absolute Gasteiger partial charge is 0.467 e. The number of nitrogens with zero attached hydrogens (tertiary/aromatic N) is 5. The predicted octanol–water partition coefficient (Wildman–Crippen LogP) is 9.88. The lowest BCUT2D eigenvalue weighted by Crippen LogP contribution is -2.55. The summed E-state index contributed by atoms with van der Waals surface area (Å²) in [5.74, 6) is -5.49. The first kappa shape index (κ1) is 91.2. The molecule has 0 saturated carbocycles. The number of Topliss-reactive ketones (excluding diaryl/α,β-unsaturated/α-hetero) is 3. The summed E-state index contributed by atoms with van der Waals surface area (Å²) in [6.07, 6.45) is 3.44. The first-order valence-electron chi connectivity index (χ1n) is 39.2. The molecule has 0 spiro atoms. The Labute approximate surface area is 647 Å². The van der Waals surface area contributed by atoms with Gasteiger partial charge in [0.1, 0.15) is 18.4 Å². The van der Waals surface area contributed by atoms with E-state index in [1.165, 1.54) is 24.0 Å². The fourth-order valence-corrected chi connectivity index (χ4v) is 15.2. The van der Waals surface area contributed by atoms with Crippen molar-refractivity contribution in [2.24, 2.45) is 59.0 Å². The van der Waals surface area contributed by atoms with Gasteiger partial charge in [-0.25, -0.2) is 14.4 Å². The van der Waals surface area contributed by atoms with Gasteiger partial charge in [-0.05, 0) is 116 Å². The van der Waals surface area contributed by atoms with Crippen LogP contribution in [0, 0.1) is 53.3 Å². The third-order valence-corrected chi connectivity index (χ3v) is 22.1. The van der Waals surface area contributed by atoms with Crippen molar-refractivity contribution in [2.75, 3.05) is 73.6 Å². The molecule has 0 radical (unpaired) electrons. The first-order chi connectivity index (χ1) is 51.7. The third-order valence-electron chi connectivity index (χ3n) is 22.1. The van der Waals surface area contributed by atoms with E-state index in [2.05, 4.69) is 16.0 Å². The van der Waals surface area contributed by atoms with Crippen LogP contribution < -0.4 is 26.6 Å². The van der Waals surface area contributed by atoms with Crippen LogP contribution in [-0.2, 0) is 92.8 Å². The van der Waals surface area contributed by atoms with E-state index >= 15 is 0 Å². The number of carbonyl (C=O) groups is 12. The highest BCUT2D eigenvalue weighted by molar-refractivity contribution is 6.03. The number of ketones is 3. The number of hydrogen-bond donors (Lipinski definition) is 4. The average molecular weight is 1520 g/mol. The maximum Gasteiger partial charge on any atom is 0.414 e. The Bertz CT molecular complexity index is 3480. The molecule has 109 heavy (non-hydrogen) atoms. The number of anilines is 1. The number of carbonyl (C=O) groups excluding carboxylic acids is 12. The number of likely N-dealkylation sites (N-methyl/N-ethyl adjacent to an activating group) is 2. The van der Waals surface area contributed by atoms with Crippen molar-refractivity contribution < 1.29 is 76.5 Å². The molecule has 5 N–H and O–H groups in total. The Hall–Kier alpha value is -8.42. The van der Waals surface area contributed by atoms with Gasteiger partial charge in [0.25, 0.3) is 0 Å². The molecule has 25 heteroatoms. The number of hydrogen-bond acceptors (Lipinski definition) is 17. The number of esters is 1. The second-order valence-corrected chi connectivity index (χ2v) is 31.4. The van der Waals surface area contributed by atoms with Gasteiger partial charge in [-0.2, -0.15) is 0 Å². The second-order valence-electron chi connectivity index (χ2n) is 31.4. The Morgan fingerprint density at radius 1 is 0.670 bits per heavy atom. The van der Waals surface area contributed by atoms with Crippen molar-refractivity contribution in [2.45, 2.75) is 228 Å². The summed E-state index contributed by atoms with van der Waals surface area (Å²) in [4.78, 5) is 170. The maximum atomic E-state index is 15.0. The Balaban J connectivity index is 1.13. The standard InChI is InChI=1S/C84H127N9O16/c1-18-56(10)76(72(106-15)50-74(98)92-43-26-31-69(92)77(107-16)57(11)78(99)88-68(82(103)108-17)45-59-27-21-19-22-28-59)91(14)80(101)65(53(4)5)48-71(96)75(55(8)9)89(12)44-40-58-36-38-62(39-37-58)90(13)84(105)109-51-61-34-32-60(33-35-61)46-70(95)67(30-25-41-86-83(85)104)87-79(100)64(52(2)3)47-63(94)29-23-20-24-42-93-73(97)49-66(54(6)7)81(93)102/h19,21-22,27-28,32-39,52-57,64-69,72,75-77H,18,20,23-26,29-31,40-51H2,1-17H3,(H,87,100)(H,88,99)(H3,85,86,104)/t56-,57+,64-,65-,66?,67-,68-,69-,72+,75-,76-,77+/m0/s1. The van der Waals surface area contributed by atoms with E-state index in [9.17, 15) is 57.5 Å². The molecule has 2 fully saturated rings. The third kappa shape index (κ3) is 27.2. The SMILES string of the molecule is CC[C@H](C)[C@@H]([C@@H](CC(=O)N1CCC[C@H]1[C@H](OC)[C@@H](C)C(=O)N[C@@H](Cc1ccccc1)C(=O)OC)OC)N(C)C(=O)[C@@H](CC(=O)[C@H](C(C)C)N(C)CCc1ccc(N(C)C(=O)OCc2ccc(CC(=O)[C@H](CCCNC(N)=O)NC(=O)[C@@H](CC(=O)CCCCCN3C(=O)CC(C(C)C)C3=O)C(C)C)cc2)cc1)C(C)C. The summed E-state index contributed by atoms with van der Waals surface area (Å²) >= 11 is 0. The van der Waals surface area contributed by atoms with E-state index in [1.54, 1.807) is 62.2 Å². The molecule has 5 rings (SSSR count).